The second-order valence-corrected chi connectivity index (χ2v) is 3.71. The molecule has 0 unspecified atom stereocenters. The standard InChI is InChI=1S/C5H7IN4/c6-10-2-1-9-4-7-8-5(9)3-10/h4H,1-3H2/p+1. The van der Waals surface area contributed by atoms with Crippen LogP contribution in [-0.2, 0) is 13.1 Å². The molecule has 0 saturated heterocycles. The van der Waals surface area contributed by atoms with Crippen molar-refractivity contribution in [3.8, 4) is 0 Å². The van der Waals surface area contributed by atoms with Gasteiger partial charge in [0.1, 0.15) is 0 Å². The van der Waals surface area contributed by atoms with Crippen LogP contribution >= 0.6 is 22.9 Å². The Labute approximate surface area is 72.7 Å². The molecule has 1 aliphatic heterocycles. The number of aromatic amines is 1. The molecule has 1 aromatic rings. The van der Waals surface area contributed by atoms with Gasteiger partial charge in [0.15, 0.2) is 0 Å². The van der Waals surface area contributed by atoms with Crippen molar-refractivity contribution in [2.24, 2.45) is 0 Å². The first kappa shape index (κ1) is 6.53. The molecule has 0 bridgehead atoms. The van der Waals surface area contributed by atoms with Gasteiger partial charge in [-0.05, 0) is 0 Å². The Kier molecular flexibility index (Phi) is 1.61. The van der Waals surface area contributed by atoms with Crippen LogP contribution < -0.4 is 4.57 Å². The van der Waals surface area contributed by atoms with Gasteiger partial charge in [-0.3, -0.25) is 0 Å². The normalized spacial score (nSPS) is 18.9. The number of aromatic nitrogens is 3. The second-order valence-electron chi connectivity index (χ2n) is 2.34. The van der Waals surface area contributed by atoms with Crippen LogP contribution in [0.4, 0.5) is 0 Å². The zero-order valence-corrected chi connectivity index (χ0v) is 7.58. The maximum absolute atomic E-state index is 3.95. The molecule has 2 heterocycles. The highest BCUT2D eigenvalue weighted by atomic mass is 127. The summed E-state index contributed by atoms with van der Waals surface area (Å²) < 4.78 is 4.39. The highest BCUT2D eigenvalue weighted by molar-refractivity contribution is 14.1. The van der Waals surface area contributed by atoms with E-state index in [0.717, 1.165) is 19.6 Å². The number of hydrogen-bond acceptors (Lipinski definition) is 2. The molecule has 0 spiro atoms. The minimum absolute atomic E-state index is 0.973. The van der Waals surface area contributed by atoms with Crippen LogP contribution in [0.15, 0.2) is 6.33 Å². The summed E-state index contributed by atoms with van der Waals surface area (Å²) in [5, 5.41) is 6.90. The van der Waals surface area contributed by atoms with Crippen LogP contribution in [0.5, 0.6) is 0 Å². The van der Waals surface area contributed by atoms with Crippen LogP contribution in [0.3, 0.4) is 0 Å². The van der Waals surface area contributed by atoms with E-state index in [2.05, 4.69) is 40.7 Å². The van der Waals surface area contributed by atoms with Crippen molar-refractivity contribution in [1.29, 1.82) is 0 Å². The zero-order valence-electron chi connectivity index (χ0n) is 5.42. The van der Waals surface area contributed by atoms with Gasteiger partial charge < -0.3 is 0 Å². The highest BCUT2D eigenvalue weighted by Crippen LogP contribution is 2.06. The number of fused-ring (bicyclic) bond motifs is 1. The molecule has 1 aromatic heterocycles. The summed E-state index contributed by atoms with van der Waals surface area (Å²) in [5.74, 6) is 1.20. The molecule has 4 nitrogen and oxygen atoms in total. The number of rotatable bonds is 0. The van der Waals surface area contributed by atoms with Crippen molar-refractivity contribution in [1.82, 2.24) is 13.3 Å². The topological polar surface area (TPSA) is 35.8 Å². The van der Waals surface area contributed by atoms with E-state index in [1.807, 2.05) is 6.33 Å². The van der Waals surface area contributed by atoms with E-state index in [0.29, 0.717) is 0 Å². The molecule has 54 valence electrons. The van der Waals surface area contributed by atoms with Gasteiger partial charge >= 0.3 is 0 Å². The van der Waals surface area contributed by atoms with E-state index in [-0.39, 0.29) is 0 Å². The Hall–Kier alpha value is -0.170. The summed E-state index contributed by atoms with van der Waals surface area (Å²) in [7, 11) is 0. The van der Waals surface area contributed by atoms with Gasteiger partial charge in [-0.1, -0.05) is 0 Å². The molecule has 10 heavy (non-hydrogen) atoms. The van der Waals surface area contributed by atoms with E-state index in [9.17, 15) is 0 Å². The van der Waals surface area contributed by atoms with Gasteiger partial charge in [-0.15, -0.1) is 5.10 Å². The summed E-state index contributed by atoms with van der Waals surface area (Å²) in [5.41, 5.74) is 0. The average molecular weight is 251 g/mol. The Bertz CT molecular complexity index is 233. The molecule has 0 aromatic carbocycles. The predicted octanol–water partition coefficient (Wildman–Crippen LogP) is -0.137. The number of nitrogens with zero attached hydrogens (tertiary/aromatic N) is 3. The van der Waals surface area contributed by atoms with Crippen molar-refractivity contribution in [2.75, 3.05) is 6.54 Å². The highest BCUT2D eigenvalue weighted by Gasteiger charge is 2.19. The molecular weight excluding hydrogens is 243 g/mol. The summed E-state index contributed by atoms with van der Waals surface area (Å²) >= 11 is 2.32. The molecular formula is C5H8IN4+. The van der Waals surface area contributed by atoms with Gasteiger partial charge in [0.2, 0.25) is 5.82 Å². The summed E-state index contributed by atoms with van der Waals surface area (Å²) in [6.45, 7) is 3.13. The van der Waals surface area contributed by atoms with E-state index >= 15 is 0 Å². The second kappa shape index (κ2) is 2.46. The quantitative estimate of drug-likeness (QED) is 0.396. The minimum Gasteiger partial charge on any atom is -0.234 e. The van der Waals surface area contributed by atoms with Gasteiger partial charge in [-0.2, -0.15) is 0 Å². The predicted molar refractivity (Wildman–Crippen MR) is 43.2 cm³/mol. The van der Waals surface area contributed by atoms with Gasteiger partial charge in [-0.25, -0.2) is 7.68 Å². The average Bonchev–Trinajstić information content (AvgIpc) is 2.33. The maximum atomic E-state index is 3.95. The smallest absolute Gasteiger partial charge is 0.234 e. The minimum atomic E-state index is 0.973. The van der Waals surface area contributed by atoms with E-state index < -0.39 is 0 Å². The third-order valence-corrected chi connectivity index (χ3v) is 2.47. The third kappa shape index (κ3) is 1.03. The molecule has 0 aliphatic carbocycles. The van der Waals surface area contributed by atoms with Gasteiger partial charge in [0.05, 0.1) is 13.1 Å². The SMILES string of the molecule is IN1CC[n+]2cn[nH]c2C1. The lowest BCUT2D eigenvalue weighted by atomic mass is 10.4. The van der Waals surface area contributed by atoms with Crippen molar-refractivity contribution in [3.63, 3.8) is 0 Å². The fraction of sp³-hybridized carbons (Fsp3) is 0.600. The molecule has 0 atom stereocenters. The van der Waals surface area contributed by atoms with Crippen molar-refractivity contribution < 1.29 is 4.57 Å². The summed E-state index contributed by atoms with van der Waals surface area (Å²) in [4.78, 5) is 0. The zero-order chi connectivity index (χ0) is 6.97. The molecule has 1 N–H and O–H groups in total. The van der Waals surface area contributed by atoms with Crippen LogP contribution in [0.2, 0.25) is 0 Å². The van der Waals surface area contributed by atoms with Crippen LogP contribution in [0, 0.1) is 0 Å². The number of hydrogen-bond donors (Lipinski definition) is 1. The number of H-pyrrole nitrogens is 1. The van der Waals surface area contributed by atoms with Crippen LogP contribution in [-0.4, -0.2) is 19.9 Å². The maximum Gasteiger partial charge on any atom is 0.265 e. The Balaban J connectivity index is 2.30. The Morgan fingerprint density at radius 1 is 1.80 bits per heavy atom. The first-order valence-corrected chi connectivity index (χ1v) is 4.15. The molecule has 0 saturated carbocycles. The molecule has 2 rings (SSSR count). The van der Waals surface area contributed by atoms with Crippen LogP contribution in [0.1, 0.15) is 5.82 Å². The van der Waals surface area contributed by atoms with Crippen molar-refractivity contribution >= 4 is 22.9 Å². The molecule has 5 heteroatoms. The Morgan fingerprint density at radius 2 is 2.70 bits per heavy atom. The van der Waals surface area contributed by atoms with E-state index in [1.165, 1.54) is 5.82 Å². The lowest BCUT2D eigenvalue weighted by Gasteiger charge is -2.16. The fourth-order valence-corrected chi connectivity index (χ4v) is 1.62. The largest absolute Gasteiger partial charge is 0.265 e. The lowest BCUT2D eigenvalue weighted by molar-refractivity contribution is -0.709. The number of halogens is 1. The third-order valence-electron chi connectivity index (χ3n) is 1.64. The molecule has 0 radical (unpaired) electrons. The van der Waals surface area contributed by atoms with Crippen molar-refractivity contribution in [3.05, 3.63) is 12.2 Å². The van der Waals surface area contributed by atoms with Crippen molar-refractivity contribution in [2.45, 2.75) is 13.1 Å². The monoisotopic (exact) mass is 251 g/mol. The molecule has 1 aliphatic rings. The fourth-order valence-electron chi connectivity index (χ4n) is 1.08. The van der Waals surface area contributed by atoms with Gasteiger partial charge in [0, 0.05) is 34.5 Å². The molecule has 0 fully saturated rings. The van der Waals surface area contributed by atoms with E-state index in [1.54, 1.807) is 0 Å². The summed E-state index contributed by atoms with van der Waals surface area (Å²) in [6, 6.07) is 0. The lowest BCUT2D eigenvalue weighted by Crippen LogP contribution is -2.46. The van der Waals surface area contributed by atoms with Gasteiger partial charge in [0.25, 0.3) is 6.33 Å². The molecule has 0 amide bonds. The van der Waals surface area contributed by atoms with E-state index in [4.69, 9.17) is 0 Å². The first-order chi connectivity index (χ1) is 4.86. The van der Waals surface area contributed by atoms with Crippen LogP contribution in [0.25, 0.3) is 0 Å². The Morgan fingerprint density at radius 3 is 3.60 bits per heavy atom. The number of nitrogens with one attached hydrogen (secondary N) is 1. The summed E-state index contributed by atoms with van der Waals surface area (Å²) in [6.07, 6.45) is 1.85. The first-order valence-electron chi connectivity index (χ1n) is 3.18.